The molecule has 2 atom stereocenters. The van der Waals surface area contributed by atoms with E-state index in [0.29, 0.717) is 57.3 Å². The number of halogens is 4. The molecule has 0 amide bonds. The standard InChI is InChI=1S/C23H25F4N3O3S/c24-21-11-16(3-6-22(21)29-7-9-33-10-8-29)28-12-18-19-13-30(14-20(18)19)34(31,32)17-4-1-15(2-5-17)23(25,26)27/h1-6,11,18-20,28H,7-10,12-14H2. The second-order valence-electron chi connectivity index (χ2n) is 8.98. The molecular weight excluding hydrogens is 474 g/mol. The summed E-state index contributed by atoms with van der Waals surface area (Å²) in [7, 11) is -3.83. The van der Waals surface area contributed by atoms with Gasteiger partial charge in [0.2, 0.25) is 10.0 Å². The summed E-state index contributed by atoms with van der Waals surface area (Å²) in [5.41, 5.74) is 0.353. The molecule has 3 fully saturated rings. The summed E-state index contributed by atoms with van der Waals surface area (Å²) in [5, 5.41) is 3.25. The second-order valence-corrected chi connectivity index (χ2v) is 10.9. The normalized spacial score (nSPS) is 25.3. The Morgan fingerprint density at radius 3 is 2.24 bits per heavy atom. The molecule has 0 spiro atoms. The van der Waals surface area contributed by atoms with E-state index in [9.17, 15) is 26.0 Å². The maximum absolute atomic E-state index is 14.6. The van der Waals surface area contributed by atoms with Crippen molar-refractivity contribution >= 4 is 21.4 Å². The summed E-state index contributed by atoms with van der Waals surface area (Å²) < 4.78 is 85.1. The Morgan fingerprint density at radius 2 is 1.65 bits per heavy atom. The van der Waals surface area contributed by atoms with Crippen LogP contribution in [0.3, 0.4) is 0 Å². The number of benzene rings is 2. The van der Waals surface area contributed by atoms with Gasteiger partial charge in [0, 0.05) is 38.4 Å². The number of sulfonamides is 1. The van der Waals surface area contributed by atoms with Crippen LogP contribution >= 0.6 is 0 Å². The van der Waals surface area contributed by atoms with Gasteiger partial charge in [-0.2, -0.15) is 17.5 Å². The van der Waals surface area contributed by atoms with Gasteiger partial charge in [-0.3, -0.25) is 0 Å². The topological polar surface area (TPSA) is 61.9 Å². The lowest BCUT2D eigenvalue weighted by atomic mass is 10.2. The molecule has 2 saturated heterocycles. The third kappa shape index (κ3) is 4.48. The van der Waals surface area contributed by atoms with Gasteiger partial charge < -0.3 is 15.0 Å². The van der Waals surface area contributed by atoms with Crippen LogP contribution in [0, 0.1) is 23.6 Å². The first-order valence-corrected chi connectivity index (χ1v) is 12.6. The van der Waals surface area contributed by atoms with Gasteiger partial charge in [-0.25, -0.2) is 12.8 Å². The quantitative estimate of drug-likeness (QED) is 0.615. The zero-order chi connectivity index (χ0) is 24.1. The highest BCUT2D eigenvalue weighted by atomic mass is 32.2. The van der Waals surface area contributed by atoms with Crippen molar-refractivity contribution in [3.8, 4) is 0 Å². The van der Waals surface area contributed by atoms with E-state index in [2.05, 4.69) is 5.32 Å². The van der Waals surface area contributed by atoms with E-state index in [-0.39, 0.29) is 28.5 Å². The number of morpholine rings is 1. The van der Waals surface area contributed by atoms with Crippen molar-refractivity contribution in [2.24, 2.45) is 17.8 Å². The summed E-state index contributed by atoms with van der Waals surface area (Å²) >= 11 is 0. The molecule has 1 aliphatic carbocycles. The van der Waals surface area contributed by atoms with Crippen LogP contribution in [0.4, 0.5) is 28.9 Å². The van der Waals surface area contributed by atoms with E-state index < -0.39 is 21.8 Å². The molecule has 184 valence electrons. The molecule has 6 nitrogen and oxygen atoms in total. The van der Waals surface area contributed by atoms with E-state index >= 15 is 0 Å². The predicted molar refractivity (Wildman–Crippen MR) is 119 cm³/mol. The van der Waals surface area contributed by atoms with Crippen molar-refractivity contribution in [2.45, 2.75) is 11.1 Å². The fourth-order valence-electron chi connectivity index (χ4n) is 4.99. The van der Waals surface area contributed by atoms with Gasteiger partial charge in [0.1, 0.15) is 5.82 Å². The summed E-state index contributed by atoms with van der Waals surface area (Å²) in [4.78, 5) is 1.83. The summed E-state index contributed by atoms with van der Waals surface area (Å²) in [6.45, 7) is 3.75. The number of nitrogens with zero attached hydrogens (tertiary/aromatic N) is 2. The maximum atomic E-state index is 14.6. The molecule has 0 bridgehead atoms. The van der Waals surface area contributed by atoms with Crippen LogP contribution in [0.15, 0.2) is 47.4 Å². The first kappa shape index (κ1) is 23.4. The minimum Gasteiger partial charge on any atom is -0.385 e. The zero-order valence-corrected chi connectivity index (χ0v) is 19.1. The largest absolute Gasteiger partial charge is 0.416 e. The number of ether oxygens (including phenoxy) is 1. The summed E-state index contributed by atoms with van der Waals surface area (Å²) in [6.07, 6.45) is -4.51. The van der Waals surface area contributed by atoms with Crippen LogP contribution in [-0.4, -0.2) is 58.7 Å². The molecule has 2 aromatic carbocycles. The molecule has 2 unspecified atom stereocenters. The number of piperidine rings is 1. The minimum atomic E-state index is -4.51. The van der Waals surface area contributed by atoms with Gasteiger partial charge in [-0.1, -0.05) is 0 Å². The van der Waals surface area contributed by atoms with Gasteiger partial charge in [-0.15, -0.1) is 0 Å². The Kier molecular flexibility index (Phi) is 5.97. The van der Waals surface area contributed by atoms with Crippen LogP contribution < -0.4 is 10.2 Å². The number of rotatable bonds is 6. The fraction of sp³-hybridized carbons (Fsp3) is 0.478. The molecule has 11 heteroatoms. The molecular formula is C23H25F4N3O3S. The Bertz CT molecular complexity index is 1140. The van der Waals surface area contributed by atoms with Crippen LogP contribution in [0.1, 0.15) is 5.56 Å². The average Bonchev–Trinajstić information content (AvgIpc) is 3.25. The highest BCUT2D eigenvalue weighted by Gasteiger charge is 2.57. The zero-order valence-electron chi connectivity index (χ0n) is 18.3. The lowest BCUT2D eigenvalue weighted by Gasteiger charge is -2.29. The number of anilines is 2. The van der Waals surface area contributed by atoms with E-state index in [0.717, 1.165) is 24.3 Å². The minimum absolute atomic E-state index is 0.132. The van der Waals surface area contributed by atoms with Gasteiger partial charge in [0.15, 0.2) is 0 Å². The Hall–Kier alpha value is -2.37. The molecule has 3 aliphatic rings. The lowest BCUT2D eigenvalue weighted by molar-refractivity contribution is -0.137. The first-order valence-electron chi connectivity index (χ1n) is 11.2. The van der Waals surface area contributed by atoms with Crippen molar-refractivity contribution in [3.05, 3.63) is 53.8 Å². The smallest absolute Gasteiger partial charge is 0.385 e. The summed E-state index contributed by atoms with van der Waals surface area (Å²) in [5.74, 6) is 0.362. The highest BCUT2D eigenvalue weighted by molar-refractivity contribution is 7.89. The summed E-state index contributed by atoms with van der Waals surface area (Å²) in [6, 6.07) is 8.68. The number of hydrogen-bond donors (Lipinski definition) is 1. The Morgan fingerprint density at radius 1 is 1.00 bits per heavy atom. The number of alkyl halides is 3. The molecule has 2 aromatic rings. The van der Waals surface area contributed by atoms with Crippen molar-refractivity contribution < 1.29 is 30.7 Å². The predicted octanol–water partition coefficient (Wildman–Crippen LogP) is 3.66. The van der Waals surface area contributed by atoms with Crippen LogP contribution in [0.5, 0.6) is 0 Å². The second kappa shape index (κ2) is 8.69. The van der Waals surface area contributed by atoms with E-state index in [1.54, 1.807) is 6.07 Å². The molecule has 0 aromatic heterocycles. The van der Waals surface area contributed by atoms with Gasteiger partial charge in [-0.05, 0) is 60.2 Å². The van der Waals surface area contributed by atoms with Crippen LogP contribution in [0.25, 0.3) is 0 Å². The van der Waals surface area contributed by atoms with Gasteiger partial charge in [0.25, 0.3) is 0 Å². The third-order valence-corrected chi connectivity index (χ3v) is 8.84. The van der Waals surface area contributed by atoms with E-state index in [1.165, 1.54) is 10.4 Å². The van der Waals surface area contributed by atoms with Crippen molar-refractivity contribution in [3.63, 3.8) is 0 Å². The Balaban J connectivity index is 1.15. The molecule has 2 heterocycles. The number of nitrogens with one attached hydrogen (secondary N) is 1. The molecule has 5 rings (SSSR count). The van der Waals surface area contributed by atoms with Crippen molar-refractivity contribution in [2.75, 3.05) is 56.2 Å². The van der Waals surface area contributed by atoms with Gasteiger partial charge in [0.05, 0.1) is 29.4 Å². The maximum Gasteiger partial charge on any atom is 0.416 e. The Labute approximate surface area is 195 Å². The van der Waals surface area contributed by atoms with Crippen LogP contribution in [-0.2, 0) is 20.9 Å². The molecule has 1 saturated carbocycles. The number of fused-ring (bicyclic) bond motifs is 1. The molecule has 1 N–H and O–H groups in total. The molecule has 34 heavy (non-hydrogen) atoms. The monoisotopic (exact) mass is 499 g/mol. The van der Waals surface area contributed by atoms with E-state index in [4.69, 9.17) is 4.74 Å². The number of hydrogen-bond acceptors (Lipinski definition) is 5. The van der Waals surface area contributed by atoms with Gasteiger partial charge >= 0.3 is 6.18 Å². The first-order chi connectivity index (χ1) is 16.1. The van der Waals surface area contributed by atoms with E-state index in [1.807, 2.05) is 11.0 Å². The molecule has 2 aliphatic heterocycles. The lowest BCUT2D eigenvalue weighted by Crippen LogP contribution is -2.36. The highest BCUT2D eigenvalue weighted by Crippen LogP contribution is 2.52. The SMILES string of the molecule is O=S(=O)(c1ccc(C(F)(F)F)cc1)N1CC2C(CNc3ccc(N4CCOCC4)c(F)c3)C2C1. The average molecular weight is 500 g/mol. The van der Waals surface area contributed by atoms with Crippen LogP contribution in [0.2, 0.25) is 0 Å². The fourth-order valence-corrected chi connectivity index (χ4v) is 6.50. The molecule has 0 radical (unpaired) electrons. The van der Waals surface area contributed by atoms with Crippen molar-refractivity contribution in [1.29, 1.82) is 0 Å². The van der Waals surface area contributed by atoms with Crippen molar-refractivity contribution in [1.82, 2.24) is 4.31 Å². The third-order valence-electron chi connectivity index (χ3n) is 7.00.